The van der Waals surface area contributed by atoms with Crippen LogP contribution in [0.2, 0.25) is 0 Å². The molecule has 7 nitrogen and oxygen atoms in total. The van der Waals surface area contributed by atoms with Gasteiger partial charge in [-0.3, -0.25) is 0 Å². The molecule has 0 bridgehead atoms. The van der Waals surface area contributed by atoms with E-state index in [1.807, 2.05) is 48.5 Å². The number of rotatable bonds is 5. The summed E-state index contributed by atoms with van der Waals surface area (Å²) in [4.78, 5) is 11.8. The number of aromatic nitrogens is 2. The molecule has 1 fully saturated rings. The molecule has 0 radical (unpaired) electrons. The normalized spacial score (nSPS) is 15.6. The molecule has 1 aromatic heterocycles. The Balaban J connectivity index is 1.70. The SMILES string of the molecule is CCS(=O)(=O)N1CCN(c2nc(-c3ccc(OC)cc3)nc3ccccc23)CC1. The molecule has 152 valence electrons. The van der Waals surface area contributed by atoms with Crippen LogP contribution in [-0.4, -0.2) is 61.7 Å². The molecule has 29 heavy (non-hydrogen) atoms. The number of anilines is 1. The standard InChI is InChI=1S/C21H24N4O3S/c1-3-29(26,27)25-14-12-24(13-15-25)21-18-6-4-5-7-19(18)22-20(23-21)16-8-10-17(28-2)11-9-16/h4-11H,3,12-15H2,1-2H3. The highest BCUT2D eigenvalue weighted by Gasteiger charge is 2.27. The van der Waals surface area contributed by atoms with Crippen molar-refractivity contribution in [2.45, 2.75) is 6.92 Å². The number of ether oxygens (including phenoxy) is 1. The van der Waals surface area contributed by atoms with Gasteiger partial charge in [0.1, 0.15) is 11.6 Å². The van der Waals surface area contributed by atoms with Crippen LogP contribution in [0.5, 0.6) is 5.75 Å². The lowest BCUT2D eigenvalue weighted by Crippen LogP contribution is -2.49. The average molecular weight is 413 g/mol. The van der Waals surface area contributed by atoms with E-state index in [9.17, 15) is 8.42 Å². The maximum atomic E-state index is 12.2. The summed E-state index contributed by atoms with van der Waals surface area (Å²) in [5, 5.41) is 0.969. The van der Waals surface area contributed by atoms with Gasteiger partial charge in [0.05, 0.1) is 18.4 Å². The average Bonchev–Trinajstić information content (AvgIpc) is 2.78. The number of hydrogen-bond acceptors (Lipinski definition) is 6. The van der Waals surface area contributed by atoms with Crippen molar-refractivity contribution in [3.8, 4) is 17.1 Å². The molecule has 0 spiro atoms. The summed E-state index contributed by atoms with van der Waals surface area (Å²) in [7, 11) is -1.53. The molecular weight excluding hydrogens is 388 g/mol. The topological polar surface area (TPSA) is 75.6 Å². The van der Waals surface area contributed by atoms with Gasteiger partial charge in [0.2, 0.25) is 10.0 Å². The predicted octanol–water partition coefficient (Wildman–Crippen LogP) is 2.78. The van der Waals surface area contributed by atoms with Crippen molar-refractivity contribution in [1.82, 2.24) is 14.3 Å². The van der Waals surface area contributed by atoms with E-state index in [0.29, 0.717) is 32.0 Å². The van der Waals surface area contributed by atoms with Crippen LogP contribution in [-0.2, 0) is 10.0 Å². The van der Waals surface area contributed by atoms with E-state index in [1.54, 1.807) is 18.3 Å². The van der Waals surface area contributed by atoms with Gasteiger partial charge in [-0.05, 0) is 43.3 Å². The van der Waals surface area contributed by atoms with Crippen molar-refractivity contribution in [3.63, 3.8) is 0 Å². The Labute approximate surface area is 171 Å². The molecule has 8 heteroatoms. The van der Waals surface area contributed by atoms with Crippen LogP contribution >= 0.6 is 0 Å². The second-order valence-electron chi connectivity index (χ2n) is 6.90. The van der Waals surface area contributed by atoms with Crippen LogP contribution in [0, 0.1) is 0 Å². The smallest absolute Gasteiger partial charge is 0.213 e. The molecule has 0 atom stereocenters. The maximum Gasteiger partial charge on any atom is 0.213 e. The fourth-order valence-corrected chi connectivity index (χ4v) is 4.62. The first-order valence-electron chi connectivity index (χ1n) is 9.66. The highest BCUT2D eigenvalue weighted by Crippen LogP contribution is 2.29. The van der Waals surface area contributed by atoms with Crippen molar-refractivity contribution in [3.05, 3.63) is 48.5 Å². The Kier molecular flexibility index (Phi) is 5.38. The van der Waals surface area contributed by atoms with Gasteiger partial charge in [0, 0.05) is 37.1 Å². The van der Waals surface area contributed by atoms with Gasteiger partial charge < -0.3 is 9.64 Å². The van der Waals surface area contributed by atoms with E-state index in [-0.39, 0.29) is 5.75 Å². The molecule has 0 N–H and O–H groups in total. The molecule has 3 aromatic rings. The van der Waals surface area contributed by atoms with Gasteiger partial charge >= 0.3 is 0 Å². The zero-order chi connectivity index (χ0) is 20.4. The molecule has 1 aliphatic heterocycles. The third-order valence-corrected chi connectivity index (χ3v) is 7.11. The summed E-state index contributed by atoms with van der Waals surface area (Å²) in [5.41, 5.74) is 1.77. The largest absolute Gasteiger partial charge is 0.497 e. The Bertz CT molecular complexity index is 1110. The van der Waals surface area contributed by atoms with Crippen LogP contribution in [0.4, 0.5) is 5.82 Å². The van der Waals surface area contributed by atoms with E-state index in [1.165, 1.54) is 0 Å². The molecule has 0 amide bonds. The number of piperazine rings is 1. The number of methoxy groups -OCH3 is 1. The molecule has 2 heterocycles. The second kappa shape index (κ2) is 7.96. The van der Waals surface area contributed by atoms with Crippen LogP contribution in [0.15, 0.2) is 48.5 Å². The van der Waals surface area contributed by atoms with E-state index >= 15 is 0 Å². The summed E-state index contributed by atoms with van der Waals surface area (Å²) in [6.07, 6.45) is 0. The van der Waals surface area contributed by atoms with Gasteiger partial charge in [-0.1, -0.05) is 12.1 Å². The number of benzene rings is 2. The zero-order valence-corrected chi connectivity index (χ0v) is 17.4. The Morgan fingerprint density at radius 2 is 1.66 bits per heavy atom. The van der Waals surface area contributed by atoms with Crippen LogP contribution < -0.4 is 9.64 Å². The van der Waals surface area contributed by atoms with E-state index < -0.39 is 10.0 Å². The van der Waals surface area contributed by atoms with Gasteiger partial charge in [-0.2, -0.15) is 4.31 Å². The quantitative estimate of drug-likeness (QED) is 0.641. The van der Waals surface area contributed by atoms with Gasteiger partial charge in [-0.25, -0.2) is 18.4 Å². The molecule has 2 aromatic carbocycles. The van der Waals surface area contributed by atoms with Crippen LogP contribution in [0.1, 0.15) is 6.92 Å². The number of nitrogens with zero attached hydrogens (tertiary/aromatic N) is 4. The van der Waals surface area contributed by atoms with Crippen molar-refractivity contribution < 1.29 is 13.2 Å². The first-order chi connectivity index (χ1) is 14.0. The van der Waals surface area contributed by atoms with Gasteiger partial charge in [0.15, 0.2) is 5.82 Å². The van der Waals surface area contributed by atoms with E-state index in [4.69, 9.17) is 14.7 Å². The summed E-state index contributed by atoms with van der Waals surface area (Å²) < 4.78 is 31.2. The minimum Gasteiger partial charge on any atom is -0.497 e. The van der Waals surface area contributed by atoms with Crippen molar-refractivity contribution in [2.75, 3.05) is 43.9 Å². The summed E-state index contributed by atoms with van der Waals surface area (Å²) >= 11 is 0. The molecule has 0 unspecified atom stereocenters. The third-order valence-electron chi connectivity index (χ3n) is 5.23. The highest BCUT2D eigenvalue weighted by molar-refractivity contribution is 7.89. The number of para-hydroxylation sites is 1. The maximum absolute atomic E-state index is 12.2. The first-order valence-corrected chi connectivity index (χ1v) is 11.3. The Hall–Kier alpha value is -2.71. The number of fused-ring (bicyclic) bond motifs is 1. The van der Waals surface area contributed by atoms with Gasteiger partial charge in [-0.15, -0.1) is 0 Å². The summed E-state index contributed by atoms with van der Waals surface area (Å²) in [5.74, 6) is 2.40. The van der Waals surface area contributed by atoms with Gasteiger partial charge in [0.25, 0.3) is 0 Å². The fraction of sp³-hybridized carbons (Fsp3) is 0.333. The molecule has 0 saturated carbocycles. The summed E-state index contributed by atoms with van der Waals surface area (Å²) in [6, 6.07) is 15.6. The minimum atomic E-state index is -3.17. The lowest BCUT2D eigenvalue weighted by atomic mass is 10.1. The summed E-state index contributed by atoms with van der Waals surface area (Å²) in [6.45, 7) is 3.81. The Morgan fingerprint density at radius 1 is 0.966 bits per heavy atom. The van der Waals surface area contributed by atoms with Crippen molar-refractivity contribution >= 4 is 26.7 Å². The molecule has 1 saturated heterocycles. The molecule has 0 aliphatic carbocycles. The van der Waals surface area contributed by atoms with E-state index in [0.717, 1.165) is 28.0 Å². The lowest BCUT2D eigenvalue weighted by molar-refractivity contribution is 0.385. The second-order valence-corrected chi connectivity index (χ2v) is 9.16. The van der Waals surface area contributed by atoms with Crippen molar-refractivity contribution in [1.29, 1.82) is 0 Å². The Morgan fingerprint density at radius 3 is 2.31 bits per heavy atom. The zero-order valence-electron chi connectivity index (χ0n) is 16.6. The minimum absolute atomic E-state index is 0.130. The highest BCUT2D eigenvalue weighted by atomic mass is 32.2. The van der Waals surface area contributed by atoms with Crippen LogP contribution in [0.3, 0.4) is 0 Å². The first kappa shape index (κ1) is 19.6. The number of sulfonamides is 1. The van der Waals surface area contributed by atoms with Crippen LogP contribution in [0.25, 0.3) is 22.3 Å². The molecule has 1 aliphatic rings. The fourth-order valence-electron chi connectivity index (χ4n) is 3.53. The van der Waals surface area contributed by atoms with Crippen molar-refractivity contribution in [2.24, 2.45) is 0 Å². The monoisotopic (exact) mass is 412 g/mol. The number of hydrogen-bond donors (Lipinski definition) is 0. The predicted molar refractivity (Wildman–Crippen MR) is 115 cm³/mol. The lowest BCUT2D eigenvalue weighted by Gasteiger charge is -2.35. The molecular formula is C21H24N4O3S. The van der Waals surface area contributed by atoms with E-state index in [2.05, 4.69) is 4.90 Å². The third kappa shape index (κ3) is 3.90. The molecule has 4 rings (SSSR count).